The minimum Gasteiger partial charge on any atom is -0.493 e. The molecule has 1 N–H and O–H groups in total. The lowest BCUT2D eigenvalue weighted by Crippen LogP contribution is -2.49. The monoisotopic (exact) mass is 452 g/mol. The molecule has 1 aliphatic rings. The molecule has 0 aromatic heterocycles. The van der Waals surface area contributed by atoms with Crippen molar-refractivity contribution in [2.75, 3.05) is 14.2 Å². The highest BCUT2D eigenvalue weighted by atomic mass is 16.5. The number of ether oxygens (including phenoxy) is 2. The molecular weight excluding hydrogens is 416 g/mol. The summed E-state index contributed by atoms with van der Waals surface area (Å²) in [6.07, 6.45) is 5.20. The fraction of sp³-hybridized carbons (Fsp3) is 0.481. The molecule has 1 atom stereocenters. The molecule has 1 saturated carbocycles. The van der Waals surface area contributed by atoms with Gasteiger partial charge in [0.25, 0.3) is 0 Å². The zero-order valence-corrected chi connectivity index (χ0v) is 20.2. The van der Waals surface area contributed by atoms with Crippen LogP contribution in [-0.2, 0) is 22.6 Å². The Kier molecular flexibility index (Phi) is 8.75. The van der Waals surface area contributed by atoms with Crippen LogP contribution < -0.4 is 14.8 Å². The number of aryl methyl sites for hydroxylation is 2. The van der Waals surface area contributed by atoms with Gasteiger partial charge in [0, 0.05) is 19.0 Å². The average Bonchev–Trinajstić information content (AvgIpc) is 3.33. The van der Waals surface area contributed by atoms with Crippen molar-refractivity contribution in [3.8, 4) is 11.5 Å². The van der Waals surface area contributed by atoms with Crippen LogP contribution in [0.4, 0.5) is 0 Å². The first-order valence-electron chi connectivity index (χ1n) is 11.8. The smallest absolute Gasteiger partial charge is 0.242 e. The van der Waals surface area contributed by atoms with Gasteiger partial charge in [-0.3, -0.25) is 9.59 Å². The van der Waals surface area contributed by atoms with Crippen molar-refractivity contribution >= 4 is 11.8 Å². The molecule has 0 aliphatic heterocycles. The Morgan fingerprint density at radius 3 is 2.42 bits per heavy atom. The maximum Gasteiger partial charge on any atom is 0.242 e. The number of carbonyl (C=O) groups excluding carboxylic acids is 2. The van der Waals surface area contributed by atoms with E-state index in [1.807, 2.05) is 50.2 Å². The van der Waals surface area contributed by atoms with E-state index in [1.54, 1.807) is 19.1 Å². The van der Waals surface area contributed by atoms with E-state index in [2.05, 4.69) is 11.4 Å². The van der Waals surface area contributed by atoms with Crippen LogP contribution >= 0.6 is 0 Å². The van der Waals surface area contributed by atoms with Crippen LogP contribution in [0, 0.1) is 6.92 Å². The van der Waals surface area contributed by atoms with Gasteiger partial charge in [-0.2, -0.15) is 0 Å². The molecule has 1 fully saturated rings. The second kappa shape index (κ2) is 11.7. The molecular formula is C27H36N2O4. The number of nitrogens with one attached hydrogen (secondary N) is 1. The van der Waals surface area contributed by atoms with Crippen molar-refractivity contribution in [1.29, 1.82) is 0 Å². The van der Waals surface area contributed by atoms with Gasteiger partial charge in [0.2, 0.25) is 11.8 Å². The molecule has 2 aromatic rings. The van der Waals surface area contributed by atoms with E-state index in [0.29, 0.717) is 30.9 Å². The average molecular weight is 453 g/mol. The summed E-state index contributed by atoms with van der Waals surface area (Å²) >= 11 is 0. The summed E-state index contributed by atoms with van der Waals surface area (Å²) in [7, 11) is 3.20. The minimum atomic E-state index is -0.538. The Morgan fingerprint density at radius 2 is 1.76 bits per heavy atom. The first-order valence-corrected chi connectivity index (χ1v) is 11.8. The second-order valence-electron chi connectivity index (χ2n) is 8.87. The van der Waals surface area contributed by atoms with E-state index < -0.39 is 6.04 Å². The normalized spacial score (nSPS) is 14.5. The highest BCUT2D eigenvalue weighted by Gasteiger charge is 2.28. The van der Waals surface area contributed by atoms with Gasteiger partial charge >= 0.3 is 0 Å². The summed E-state index contributed by atoms with van der Waals surface area (Å²) in [5.74, 6) is 1.18. The van der Waals surface area contributed by atoms with Crippen LogP contribution in [-0.4, -0.2) is 43.0 Å². The van der Waals surface area contributed by atoms with Gasteiger partial charge in [-0.05, 0) is 56.4 Å². The molecule has 0 unspecified atom stereocenters. The van der Waals surface area contributed by atoms with E-state index in [4.69, 9.17) is 9.47 Å². The summed E-state index contributed by atoms with van der Waals surface area (Å²) in [6.45, 7) is 4.27. The Bertz CT molecular complexity index is 953. The lowest BCUT2D eigenvalue weighted by atomic mass is 10.1. The fourth-order valence-corrected chi connectivity index (χ4v) is 4.41. The fourth-order valence-electron chi connectivity index (χ4n) is 4.41. The summed E-state index contributed by atoms with van der Waals surface area (Å²) in [5, 5.41) is 3.15. The predicted octanol–water partition coefficient (Wildman–Crippen LogP) is 4.42. The highest BCUT2D eigenvalue weighted by molar-refractivity contribution is 5.87. The third kappa shape index (κ3) is 6.73. The summed E-state index contributed by atoms with van der Waals surface area (Å²) in [5.41, 5.74) is 3.14. The van der Waals surface area contributed by atoms with Crippen molar-refractivity contribution in [2.24, 2.45) is 0 Å². The number of hydrogen-bond acceptors (Lipinski definition) is 4. The second-order valence-corrected chi connectivity index (χ2v) is 8.87. The molecule has 3 rings (SSSR count). The molecule has 1 aliphatic carbocycles. The molecule has 33 heavy (non-hydrogen) atoms. The van der Waals surface area contributed by atoms with E-state index >= 15 is 0 Å². The van der Waals surface area contributed by atoms with E-state index in [0.717, 1.165) is 42.4 Å². The van der Waals surface area contributed by atoms with Gasteiger partial charge < -0.3 is 19.7 Å². The maximum atomic E-state index is 13.4. The van der Waals surface area contributed by atoms with Crippen LogP contribution in [0.1, 0.15) is 55.7 Å². The number of amides is 2. The maximum absolute atomic E-state index is 13.4. The van der Waals surface area contributed by atoms with E-state index in [1.165, 1.54) is 0 Å². The van der Waals surface area contributed by atoms with Crippen molar-refractivity contribution < 1.29 is 19.1 Å². The van der Waals surface area contributed by atoms with Crippen LogP contribution in [0.5, 0.6) is 11.5 Å². The van der Waals surface area contributed by atoms with Crippen LogP contribution in [0.25, 0.3) is 0 Å². The number of rotatable bonds is 10. The lowest BCUT2D eigenvalue weighted by Gasteiger charge is -2.30. The van der Waals surface area contributed by atoms with Crippen molar-refractivity contribution in [1.82, 2.24) is 10.2 Å². The number of nitrogens with zero attached hydrogens (tertiary/aromatic N) is 1. The molecule has 0 radical (unpaired) electrons. The SMILES string of the molecule is COc1ccc(CCC(=O)N(Cc2cccc(C)c2)[C@@H](C)C(=O)NC2CCCC2)cc1OC. The first-order chi connectivity index (χ1) is 15.9. The first kappa shape index (κ1) is 24.6. The van der Waals surface area contributed by atoms with Crippen LogP contribution in [0.15, 0.2) is 42.5 Å². The Labute approximate surface area is 197 Å². The quantitative estimate of drug-likeness (QED) is 0.579. The molecule has 178 valence electrons. The van der Waals surface area contributed by atoms with Gasteiger partial charge in [-0.15, -0.1) is 0 Å². The summed E-state index contributed by atoms with van der Waals surface area (Å²) in [6, 6.07) is 13.5. The van der Waals surface area contributed by atoms with Crippen molar-refractivity contribution in [2.45, 2.75) is 71.0 Å². The molecule has 0 spiro atoms. The van der Waals surface area contributed by atoms with Crippen LogP contribution in [0.2, 0.25) is 0 Å². The zero-order chi connectivity index (χ0) is 23.8. The van der Waals surface area contributed by atoms with E-state index in [9.17, 15) is 9.59 Å². The third-order valence-electron chi connectivity index (χ3n) is 6.38. The molecule has 0 heterocycles. The molecule has 6 nitrogen and oxygen atoms in total. The van der Waals surface area contributed by atoms with Gasteiger partial charge in [0.15, 0.2) is 11.5 Å². The minimum absolute atomic E-state index is 0.0413. The van der Waals surface area contributed by atoms with Gasteiger partial charge in [0.1, 0.15) is 6.04 Å². The van der Waals surface area contributed by atoms with Gasteiger partial charge in [-0.25, -0.2) is 0 Å². The molecule has 0 bridgehead atoms. The molecule has 2 amide bonds. The Hall–Kier alpha value is -3.02. The van der Waals surface area contributed by atoms with Crippen molar-refractivity contribution in [3.05, 3.63) is 59.2 Å². The summed E-state index contributed by atoms with van der Waals surface area (Å²) < 4.78 is 10.7. The Morgan fingerprint density at radius 1 is 1.03 bits per heavy atom. The summed E-state index contributed by atoms with van der Waals surface area (Å²) in [4.78, 5) is 28.1. The predicted molar refractivity (Wildman–Crippen MR) is 129 cm³/mol. The molecule has 0 saturated heterocycles. The highest BCUT2D eigenvalue weighted by Crippen LogP contribution is 2.28. The Balaban J connectivity index is 1.72. The number of carbonyl (C=O) groups is 2. The standard InChI is InChI=1S/C27H36N2O4/c1-19-8-7-9-22(16-19)18-29(20(2)27(31)28-23-10-5-6-11-23)26(30)15-13-21-12-14-24(32-3)25(17-21)33-4/h7-9,12,14,16-17,20,23H,5-6,10-11,13,15,18H2,1-4H3,(H,28,31)/t20-/m0/s1. The van der Waals surface area contributed by atoms with Gasteiger partial charge in [-0.1, -0.05) is 48.7 Å². The lowest BCUT2D eigenvalue weighted by molar-refractivity contribution is -0.140. The number of benzene rings is 2. The molecule has 6 heteroatoms. The van der Waals surface area contributed by atoms with Crippen molar-refractivity contribution in [3.63, 3.8) is 0 Å². The zero-order valence-electron chi connectivity index (χ0n) is 20.2. The largest absolute Gasteiger partial charge is 0.493 e. The topological polar surface area (TPSA) is 67.9 Å². The molecule has 2 aromatic carbocycles. The number of hydrogen-bond donors (Lipinski definition) is 1. The van der Waals surface area contributed by atoms with E-state index in [-0.39, 0.29) is 17.9 Å². The third-order valence-corrected chi connectivity index (χ3v) is 6.38. The van der Waals surface area contributed by atoms with Gasteiger partial charge in [0.05, 0.1) is 14.2 Å². The number of methoxy groups -OCH3 is 2. The van der Waals surface area contributed by atoms with Crippen LogP contribution in [0.3, 0.4) is 0 Å².